The van der Waals surface area contributed by atoms with E-state index in [1.165, 1.54) is 0 Å². The molecule has 0 fully saturated rings. The lowest BCUT2D eigenvalue weighted by Gasteiger charge is -2.15. The van der Waals surface area contributed by atoms with E-state index in [0.29, 0.717) is 0 Å². The van der Waals surface area contributed by atoms with Crippen LogP contribution in [0.5, 0.6) is 5.75 Å². The third kappa shape index (κ3) is 2.76. The number of carboxylic acid groups (broad SMARTS) is 1. The van der Waals surface area contributed by atoms with Crippen molar-refractivity contribution >= 4 is 5.97 Å². The molecular weight excluding hydrogens is 240 g/mol. The molecule has 0 aliphatic rings. The van der Waals surface area contributed by atoms with E-state index in [2.05, 4.69) is 0 Å². The van der Waals surface area contributed by atoms with Crippen LogP contribution in [0.3, 0.4) is 0 Å². The molecule has 1 N–H and O–H groups in total. The van der Waals surface area contributed by atoms with E-state index in [1.54, 1.807) is 13.2 Å². The van der Waals surface area contributed by atoms with Crippen LogP contribution < -0.4 is 4.74 Å². The molecule has 0 heterocycles. The number of carbonyl (C=O) groups is 1. The maximum absolute atomic E-state index is 11.5. The highest BCUT2D eigenvalue weighted by Gasteiger charge is 2.22. The van der Waals surface area contributed by atoms with Gasteiger partial charge in [-0.05, 0) is 29.7 Å². The third-order valence-corrected chi connectivity index (χ3v) is 3.13. The maximum Gasteiger partial charge on any atom is 0.315 e. The van der Waals surface area contributed by atoms with Gasteiger partial charge < -0.3 is 9.84 Å². The Morgan fingerprint density at radius 2 is 1.79 bits per heavy atom. The van der Waals surface area contributed by atoms with Gasteiger partial charge in [0, 0.05) is 0 Å². The predicted molar refractivity (Wildman–Crippen MR) is 73.7 cm³/mol. The number of carboxylic acids is 1. The fourth-order valence-electron chi connectivity index (χ4n) is 2.20. The second-order valence-electron chi connectivity index (χ2n) is 4.41. The molecule has 3 heteroatoms. The first kappa shape index (κ1) is 13.1. The quantitative estimate of drug-likeness (QED) is 0.913. The second-order valence-corrected chi connectivity index (χ2v) is 4.41. The van der Waals surface area contributed by atoms with Gasteiger partial charge in [0.1, 0.15) is 11.7 Å². The van der Waals surface area contributed by atoms with Crippen LogP contribution in [-0.4, -0.2) is 18.2 Å². The summed E-state index contributed by atoms with van der Waals surface area (Å²) in [6, 6.07) is 14.7. The van der Waals surface area contributed by atoms with Gasteiger partial charge >= 0.3 is 5.97 Å². The molecule has 0 radical (unpaired) electrons. The normalized spacial score (nSPS) is 11.9. The van der Waals surface area contributed by atoms with Crippen molar-refractivity contribution in [3.8, 4) is 5.75 Å². The van der Waals surface area contributed by atoms with E-state index < -0.39 is 11.9 Å². The van der Waals surface area contributed by atoms with Crippen molar-refractivity contribution in [3.63, 3.8) is 0 Å². The van der Waals surface area contributed by atoms with Crippen LogP contribution in [-0.2, 0) is 4.79 Å². The van der Waals surface area contributed by atoms with Gasteiger partial charge in [-0.25, -0.2) is 0 Å². The van der Waals surface area contributed by atoms with Gasteiger partial charge in [-0.15, -0.1) is 0 Å². The van der Waals surface area contributed by atoms with Crippen molar-refractivity contribution in [2.75, 3.05) is 7.11 Å². The molecule has 0 amide bonds. The first-order valence-electron chi connectivity index (χ1n) is 6.05. The summed E-state index contributed by atoms with van der Waals surface area (Å²) in [5, 5.41) is 9.47. The van der Waals surface area contributed by atoms with Crippen LogP contribution in [0.1, 0.15) is 22.6 Å². The number of hydrogen-bond donors (Lipinski definition) is 1. The summed E-state index contributed by atoms with van der Waals surface area (Å²) in [5.41, 5.74) is 2.47. The topological polar surface area (TPSA) is 46.5 Å². The smallest absolute Gasteiger partial charge is 0.315 e. The number of aryl methyl sites for hydroxylation is 1. The molecule has 19 heavy (non-hydrogen) atoms. The lowest BCUT2D eigenvalue weighted by molar-refractivity contribution is -0.137. The lowest BCUT2D eigenvalue weighted by Crippen LogP contribution is -2.13. The van der Waals surface area contributed by atoms with Crippen molar-refractivity contribution < 1.29 is 14.6 Å². The SMILES string of the molecule is COc1ccc(C(C(=O)O)c2ccccc2)cc1C. The van der Waals surface area contributed by atoms with E-state index in [-0.39, 0.29) is 0 Å². The highest BCUT2D eigenvalue weighted by atomic mass is 16.5. The molecule has 1 atom stereocenters. The molecule has 1 unspecified atom stereocenters. The van der Waals surface area contributed by atoms with Gasteiger partial charge in [-0.3, -0.25) is 4.79 Å². The predicted octanol–water partition coefficient (Wildman–Crippen LogP) is 3.22. The second kappa shape index (κ2) is 5.57. The van der Waals surface area contributed by atoms with Gasteiger partial charge in [-0.2, -0.15) is 0 Å². The van der Waals surface area contributed by atoms with Crippen molar-refractivity contribution in [1.82, 2.24) is 0 Å². The van der Waals surface area contributed by atoms with Crippen molar-refractivity contribution in [3.05, 3.63) is 65.2 Å². The summed E-state index contributed by atoms with van der Waals surface area (Å²) in [4.78, 5) is 11.5. The molecule has 98 valence electrons. The molecule has 2 rings (SSSR count). The van der Waals surface area contributed by atoms with E-state index >= 15 is 0 Å². The number of hydrogen-bond acceptors (Lipinski definition) is 2. The van der Waals surface area contributed by atoms with Crippen LogP contribution in [0.15, 0.2) is 48.5 Å². The third-order valence-electron chi connectivity index (χ3n) is 3.13. The van der Waals surface area contributed by atoms with Gasteiger partial charge in [0.15, 0.2) is 0 Å². The van der Waals surface area contributed by atoms with Crippen molar-refractivity contribution in [1.29, 1.82) is 0 Å². The average molecular weight is 256 g/mol. The Hall–Kier alpha value is -2.29. The van der Waals surface area contributed by atoms with Crippen LogP contribution in [0.4, 0.5) is 0 Å². The van der Waals surface area contributed by atoms with Crippen LogP contribution in [0, 0.1) is 6.92 Å². The molecule has 0 aliphatic heterocycles. The molecule has 0 bridgehead atoms. The van der Waals surface area contributed by atoms with E-state index in [1.807, 2.05) is 49.4 Å². The zero-order chi connectivity index (χ0) is 13.8. The Kier molecular flexibility index (Phi) is 3.85. The minimum Gasteiger partial charge on any atom is -0.496 e. The van der Waals surface area contributed by atoms with Crippen LogP contribution in [0.2, 0.25) is 0 Å². The van der Waals surface area contributed by atoms with Crippen molar-refractivity contribution in [2.45, 2.75) is 12.8 Å². The minimum atomic E-state index is -0.851. The molecule has 3 nitrogen and oxygen atoms in total. The summed E-state index contributed by atoms with van der Waals surface area (Å²) in [6.07, 6.45) is 0. The highest BCUT2D eigenvalue weighted by Crippen LogP contribution is 2.28. The molecule has 0 aromatic heterocycles. The molecule has 0 aliphatic carbocycles. The Labute approximate surface area is 112 Å². The van der Waals surface area contributed by atoms with Crippen LogP contribution >= 0.6 is 0 Å². The largest absolute Gasteiger partial charge is 0.496 e. The monoisotopic (exact) mass is 256 g/mol. The molecule has 0 spiro atoms. The first-order valence-corrected chi connectivity index (χ1v) is 6.05. The van der Waals surface area contributed by atoms with E-state index in [4.69, 9.17) is 4.74 Å². The van der Waals surface area contributed by atoms with E-state index in [0.717, 1.165) is 22.4 Å². The fourth-order valence-corrected chi connectivity index (χ4v) is 2.20. The average Bonchev–Trinajstić information content (AvgIpc) is 2.40. The van der Waals surface area contributed by atoms with Crippen molar-refractivity contribution in [2.24, 2.45) is 0 Å². The summed E-state index contributed by atoms with van der Waals surface area (Å²) in [5.74, 6) is -0.734. The number of aliphatic carboxylic acids is 1. The van der Waals surface area contributed by atoms with E-state index in [9.17, 15) is 9.90 Å². The number of benzene rings is 2. The summed E-state index contributed by atoms with van der Waals surface area (Å²) < 4.78 is 5.20. The molecule has 2 aromatic rings. The molecule has 0 saturated carbocycles. The number of rotatable bonds is 4. The Balaban J connectivity index is 2.46. The number of methoxy groups -OCH3 is 1. The Morgan fingerprint density at radius 3 is 2.32 bits per heavy atom. The maximum atomic E-state index is 11.5. The summed E-state index contributed by atoms with van der Waals surface area (Å²) >= 11 is 0. The fraction of sp³-hybridized carbons (Fsp3) is 0.188. The van der Waals surface area contributed by atoms with Gasteiger partial charge in [0.2, 0.25) is 0 Å². The molecule has 0 saturated heterocycles. The Bertz CT molecular complexity index is 576. The lowest BCUT2D eigenvalue weighted by atomic mass is 9.90. The highest BCUT2D eigenvalue weighted by molar-refractivity contribution is 5.80. The zero-order valence-corrected chi connectivity index (χ0v) is 11.0. The molecule has 2 aromatic carbocycles. The summed E-state index contributed by atoms with van der Waals surface area (Å²) in [7, 11) is 1.61. The van der Waals surface area contributed by atoms with Crippen LogP contribution in [0.25, 0.3) is 0 Å². The Morgan fingerprint density at radius 1 is 1.11 bits per heavy atom. The molecular formula is C16H16O3. The number of ether oxygens (including phenoxy) is 1. The van der Waals surface area contributed by atoms with Gasteiger partial charge in [0.05, 0.1) is 7.11 Å². The van der Waals surface area contributed by atoms with Gasteiger partial charge in [-0.1, -0.05) is 42.5 Å². The summed E-state index contributed by atoms with van der Waals surface area (Å²) in [6.45, 7) is 1.91. The zero-order valence-electron chi connectivity index (χ0n) is 11.0. The standard InChI is InChI=1S/C16H16O3/c1-11-10-13(8-9-14(11)19-2)15(16(17)18)12-6-4-3-5-7-12/h3-10,15H,1-2H3,(H,17,18). The first-order chi connectivity index (χ1) is 9.13. The minimum absolute atomic E-state index is 0.647. The van der Waals surface area contributed by atoms with Gasteiger partial charge in [0.25, 0.3) is 0 Å².